The van der Waals surface area contributed by atoms with E-state index in [1.807, 2.05) is 72.8 Å². The highest BCUT2D eigenvalue weighted by Gasteiger charge is 2.53. The minimum atomic E-state index is -0.640. The number of rotatable bonds is 6. The third-order valence-corrected chi connectivity index (χ3v) is 12.0. The maximum Gasteiger partial charge on any atom is 0.164 e. The van der Waals surface area contributed by atoms with Gasteiger partial charge in [-0.3, -0.25) is 0 Å². The van der Waals surface area contributed by atoms with Gasteiger partial charge >= 0.3 is 0 Å². The van der Waals surface area contributed by atoms with Crippen molar-refractivity contribution >= 4 is 0 Å². The Morgan fingerprint density at radius 1 is 0.213 bits per heavy atom. The molecule has 6 nitrogen and oxygen atoms in total. The van der Waals surface area contributed by atoms with Crippen molar-refractivity contribution < 1.29 is 0 Å². The number of benzene rings is 8. The van der Waals surface area contributed by atoms with Crippen molar-refractivity contribution in [1.82, 2.24) is 29.9 Å². The first-order valence-electron chi connectivity index (χ1n) is 20.5. The summed E-state index contributed by atoms with van der Waals surface area (Å²) in [4.78, 5) is 31.0. The highest BCUT2D eigenvalue weighted by molar-refractivity contribution is 6.02. The highest BCUT2D eigenvalue weighted by atomic mass is 15.0. The molecule has 6 heteroatoms. The van der Waals surface area contributed by atoms with E-state index in [0.717, 1.165) is 55.6 Å². The Morgan fingerprint density at radius 2 is 0.475 bits per heavy atom. The van der Waals surface area contributed by atoms with Crippen molar-refractivity contribution in [2.75, 3.05) is 0 Å². The molecule has 12 rings (SSSR count). The van der Waals surface area contributed by atoms with Crippen LogP contribution >= 0.6 is 0 Å². The summed E-state index contributed by atoms with van der Waals surface area (Å²) >= 11 is 0. The van der Waals surface area contributed by atoms with Crippen LogP contribution in [0.2, 0.25) is 0 Å². The number of fused-ring (bicyclic) bond motifs is 10. The summed E-state index contributed by atoms with van der Waals surface area (Å²) in [6.07, 6.45) is 0. The summed E-state index contributed by atoms with van der Waals surface area (Å²) in [7, 11) is 0. The molecule has 2 heterocycles. The van der Waals surface area contributed by atoms with Crippen molar-refractivity contribution in [1.29, 1.82) is 0 Å². The largest absolute Gasteiger partial charge is 0.208 e. The third kappa shape index (κ3) is 5.43. The number of aromatic nitrogens is 6. The lowest BCUT2D eigenvalue weighted by Crippen LogP contribution is -2.25. The first-order chi connectivity index (χ1) is 30.3. The molecule has 0 aliphatic heterocycles. The molecule has 0 saturated carbocycles. The van der Waals surface area contributed by atoms with Gasteiger partial charge < -0.3 is 0 Å². The third-order valence-electron chi connectivity index (χ3n) is 12.0. The van der Waals surface area contributed by atoms with Crippen molar-refractivity contribution in [3.05, 3.63) is 229 Å². The van der Waals surface area contributed by atoms with E-state index in [4.69, 9.17) is 29.9 Å². The minimum Gasteiger partial charge on any atom is -0.208 e. The molecule has 0 saturated heterocycles. The zero-order valence-corrected chi connectivity index (χ0v) is 32.8. The molecule has 2 aliphatic carbocycles. The van der Waals surface area contributed by atoms with Gasteiger partial charge in [0.1, 0.15) is 0 Å². The topological polar surface area (TPSA) is 77.3 Å². The van der Waals surface area contributed by atoms with Crippen LogP contribution in [0, 0.1) is 0 Å². The standard InChI is InChI=1S/C55H34N6/c1-5-19-35(20-6-1)49-56-50(36-21-7-2-8-22-36)59-53(58-49)41-29-17-33-45-47(41)39-27-13-15-31-43(39)55(45)44-32-16-14-28-40(44)48-42(30-18-34-46(48)55)54-60-51(37-23-9-3-10-24-37)57-52(61-54)38-25-11-4-12-26-38/h1-34H. The summed E-state index contributed by atoms with van der Waals surface area (Å²) < 4.78 is 0. The van der Waals surface area contributed by atoms with Crippen LogP contribution in [0.5, 0.6) is 0 Å². The van der Waals surface area contributed by atoms with E-state index in [1.54, 1.807) is 0 Å². The van der Waals surface area contributed by atoms with E-state index in [2.05, 4.69) is 133 Å². The Labute approximate surface area is 353 Å². The van der Waals surface area contributed by atoms with Gasteiger partial charge in [0.05, 0.1) is 5.41 Å². The van der Waals surface area contributed by atoms with Crippen LogP contribution in [-0.4, -0.2) is 29.9 Å². The van der Waals surface area contributed by atoms with E-state index < -0.39 is 5.41 Å². The number of hydrogen-bond donors (Lipinski definition) is 0. The predicted molar refractivity (Wildman–Crippen MR) is 242 cm³/mol. The smallest absolute Gasteiger partial charge is 0.164 e. The summed E-state index contributed by atoms with van der Waals surface area (Å²) in [5.74, 6) is 3.78. The van der Waals surface area contributed by atoms with E-state index in [9.17, 15) is 0 Å². The van der Waals surface area contributed by atoms with Gasteiger partial charge in [-0.15, -0.1) is 0 Å². The molecule has 61 heavy (non-hydrogen) atoms. The number of nitrogens with zero attached hydrogens (tertiary/aromatic N) is 6. The van der Waals surface area contributed by atoms with Gasteiger partial charge in [0.15, 0.2) is 34.9 Å². The van der Waals surface area contributed by atoms with E-state index >= 15 is 0 Å². The van der Waals surface area contributed by atoms with Crippen LogP contribution in [0.4, 0.5) is 0 Å². The maximum absolute atomic E-state index is 5.23. The van der Waals surface area contributed by atoms with E-state index in [0.29, 0.717) is 34.9 Å². The van der Waals surface area contributed by atoms with Gasteiger partial charge in [-0.1, -0.05) is 206 Å². The molecule has 0 unspecified atom stereocenters. The zero-order chi connectivity index (χ0) is 40.3. The molecule has 0 bridgehead atoms. The van der Waals surface area contributed by atoms with Crippen LogP contribution in [0.15, 0.2) is 206 Å². The Balaban J connectivity index is 1.12. The second-order valence-electron chi connectivity index (χ2n) is 15.4. The molecular formula is C55H34N6. The van der Waals surface area contributed by atoms with Gasteiger partial charge in [-0.05, 0) is 44.5 Å². The van der Waals surface area contributed by atoms with Crippen LogP contribution < -0.4 is 0 Å². The Kier molecular flexibility index (Phi) is 7.96. The molecular weight excluding hydrogens is 745 g/mol. The van der Waals surface area contributed by atoms with Crippen LogP contribution in [-0.2, 0) is 5.41 Å². The zero-order valence-electron chi connectivity index (χ0n) is 32.8. The molecule has 0 N–H and O–H groups in total. The summed E-state index contributed by atoms with van der Waals surface area (Å²) in [5, 5.41) is 0. The fourth-order valence-electron chi connectivity index (χ4n) is 9.47. The molecule has 0 atom stereocenters. The van der Waals surface area contributed by atoms with Crippen LogP contribution in [0.3, 0.4) is 0 Å². The monoisotopic (exact) mass is 778 g/mol. The first kappa shape index (κ1) is 34.8. The van der Waals surface area contributed by atoms with Crippen LogP contribution in [0.25, 0.3) is 90.6 Å². The molecule has 8 aromatic carbocycles. The average molecular weight is 779 g/mol. The van der Waals surface area contributed by atoms with Crippen molar-refractivity contribution in [2.24, 2.45) is 0 Å². The molecule has 0 fully saturated rings. The van der Waals surface area contributed by atoms with Gasteiger partial charge in [-0.2, -0.15) is 0 Å². The SMILES string of the molecule is c1ccc(-c2nc(-c3ccccc3)nc(-c3cccc4c3-c3ccccc3C43c4ccccc4-c4c(-c5nc(-c6ccccc6)nc(-c6ccccc6)n5)cccc43)n2)cc1. The second-order valence-corrected chi connectivity index (χ2v) is 15.4. The molecule has 0 amide bonds. The van der Waals surface area contributed by atoms with Gasteiger partial charge in [0.25, 0.3) is 0 Å². The molecule has 1 spiro atoms. The van der Waals surface area contributed by atoms with Crippen LogP contribution in [0.1, 0.15) is 22.3 Å². The van der Waals surface area contributed by atoms with E-state index in [-0.39, 0.29) is 0 Å². The maximum atomic E-state index is 5.23. The fraction of sp³-hybridized carbons (Fsp3) is 0.0182. The molecule has 0 radical (unpaired) electrons. The minimum absolute atomic E-state index is 0.628. The average Bonchev–Trinajstić information content (AvgIpc) is 3.82. The lowest BCUT2D eigenvalue weighted by atomic mass is 9.70. The van der Waals surface area contributed by atoms with Gasteiger partial charge in [0.2, 0.25) is 0 Å². The predicted octanol–water partition coefficient (Wildman–Crippen LogP) is 12.4. The molecule has 2 aliphatic rings. The van der Waals surface area contributed by atoms with Crippen molar-refractivity contribution in [3.8, 4) is 90.6 Å². The molecule has 284 valence electrons. The van der Waals surface area contributed by atoms with Crippen molar-refractivity contribution in [2.45, 2.75) is 5.41 Å². The Morgan fingerprint density at radius 3 is 0.820 bits per heavy atom. The quantitative estimate of drug-likeness (QED) is 0.167. The molecule has 10 aromatic rings. The summed E-state index contributed by atoms with van der Waals surface area (Å²) in [5.41, 5.74) is 14.4. The van der Waals surface area contributed by atoms with Gasteiger partial charge in [-0.25, -0.2) is 29.9 Å². The highest BCUT2D eigenvalue weighted by Crippen LogP contribution is 2.65. The normalized spacial score (nSPS) is 12.7. The van der Waals surface area contributed by atoms with Gasteiger partial charge in [0, 0.05) is 33.4 Å². The van der Waals surface area contributed by atoms with Crippen molar-refractivity contribution in [3.63, 3.8) is 0 Å². The Bertz CT molecular complexity index is 2960. The lowest BCUT2D eigenvalue weighted by Gasteiger charge is -2.30. The lowest BCUT2D eigenvalue weighted by molar-refractivity contribution is 0.794. The number of hydrogen-bond acceptors (Lipinski definition) is 6. The fourth-order valence-corrected chi connectivity index (χ4v) is 9.47. The second kappa shape index (κ2) is 14.0. The Hall–Kier alpha value is -8.22. The summed E-state index contributed by atoms with van der Waals surface area (Å²) in [6.45, 7) is 0. The summed E-state index contributed by atoms with van der Waals surface area (Å²) in [6, 6.07) is 71.5. The molecule has 2 aromatic heterocycles. The van der Waals surface area contributed by atoms with E-state index in [1.165, 1.54) is 22.3 Å². The first-order valence-corrected chi connectivity index (χ1v) is 20.5.